The Morgan fingerprint density at radius 1 is 1.36 bits per heavy atom. The van der Waals surface area contributed by atoms with E-state index in [1.165, 1.54) is 0 Å². The van der Waals surface area contributed by atoms with Gasteiger partial charge in [-0.15, -0.1) is 0 Å². The Balaban J connectivity index is 2.04. The summed E-state index contributed by atoms with van der Waals surface area (Å²) in [6, 6.07) is 0. The minimum atomic E-state index is -4.04. The third-order valence-electron chi connectivity index (χ3n) is 3.73. The van der Waals surface area contributed by atoms with Crippen LogP contribution in [0.15, 0.2) is 0 Å². The zero-order chi connectivity index (χ0) is 10.4. The van der Waals surface area contributed by atoms with Crippen LogP contribution >= 0.6 is 0 Å². The standard InChI is InChI=1S/C10H15F3O/c1-7-6-14-9(7)4-2-3-8(5-9)10(11,12)13/h7-8H,2-6H2,1H3. The number of hydrogen-bond donors (Lipinski definition) is 0. The second-order valence-corrected chi connectivity index (χ2v) is 4.61. The maximum absolute atomic E-state index is 12.5. The summed E-state index contributed by atoms with van der Waals surface area (Å²) >= 11 is 0. The fourth-order valence-electron chi connectivity index (χ4n) is 2.61. The molecule has 0 aromatic rings. The minimum absolute atomic E-state index is 0.178. The Bertz CT molecular complexity index is 226. The molecule has 1 aliphatic heterocycles. The van der Waals surface area contributed by atoms with Gasteiger partial charge in [-0.1, -0.05) is 6.92 Å². The maximum atomic E-state index is 12.5. The number of rotatable bonds is 0. The molecule has 4 heteroatoms. The summed E-state index contributed by atoms with van der Waals surface area (Å²) in [4.78, 5) is 0. The summed E-state index contributed by atoms with van der Waals surface area (Å²) < 4.78 is 42.9. The molecule has 0 radical (unpaired) electrons. The van der Waals surface area contributed by atoms with Crippen molar-refractivity contribution in [3.05, 3.63) is 0 Å². The van der Waals surface area contributed by atoms with Crippen LogP contribution in [0, 0.1) is 11.8 Å². The molecule has 2 fully saturated rings. The summed E-state index contributed by atoms with van der Waals surface area (Å²) in [7, 11) is 0. The van der Waals surface area contributed by atoms with Crippen molar-refractivity contribution in [3.8, 4) is 0 Å². The van der Waals surface area contributed by atoms with Crippen LogP contribution in [0.1, 0.15) is 32.6 Å². The topological polar surface area (TPSA) is 9.23 Å². The van der Waals surface area contributed by atoms with E-state index in [2.05, 4.69) is 0 Å². The van der Waals surface area contributed by atoms with Gasteiger partial charge >= 0.3 is 6.18 Å². The molecule has 1 aliphatic carbocycles. The predicted molar refractivity (Wildman–Crippen MR) is 45.9 cm³/mol. The lowest BCUT2D eigenvalue weighted by molar-refractivity contribution is -0.258. The van der Waals surface area contributed by atoms with E-state index in [0.717, 1.165) is 6.42 Å². The molecule has 0 aromatic carbocycles. The Hall–Kier alpha value is -0.250. The largest absolute Gasteiger partial charge is 0.391 e. The molecule has 0 bridgehead atoms. The Labute approximate surface area is 81.6 Å². The summed E-state index contributed by atoms with van der Waals surface area (Å²) in [5.74, 6) is -0.841. The first-order valence-corrected chi connectivity index (χ1v) is 5.15. The molecule has 3 atom stereocenters. The first-order valence-electron chi connectivity index (χ1n) is 5.15. The summed E-state index contributed by atoms with van der Waals surface area (Å²) in [5.41, 5.74) is -0.432. The van der Waals surface area contributed by atoms with Crippen LogP contribution in [0.5, 0.6) is 0 Å². The quantitative estimate of drug-likeness (QED) is 0.594. The van der Waals surface area contributed by atoms with Crippen molar-refractivity contribution in [1.82, 2.24) is 0 Å². The van der Waals surface area contributed by atoms with Crippen LogP contribution in [0.25, 0.3) is 0 Å². The molecular formula is C10H15F3O. The molecule has 1 saturated carbocycles. The molecule has 82 valence electrons. The zero-order valence-corrected chi connectivity index (χ0v) is 8.23. The first-order chi connectivity index (χ1) is 6.44. The van der Waals surface area contributed by atoms with Gasteiger partial charge in [0.05, 0.1) is 18.1 Å². The molecule has 3 unspecified atom stereocenters. The van der Waals surface area contributed by atoms with Crippen molar-refractivity contribution < 1.29 is 17.9 Å². The van der Waals surface area contributed by atoms with Gasteiger partial charge < -0.3 is 4.74 Å². The van der Waals surface area contributed by atoms with Gasteiger partial charge in [0.25, 0.3) is 0 Å². The van der Waals surface area contributed by atoms with Gasteiger partial charge in [0.2, 0.25) is 0 Å². The molecule has 0 N–H and O–H groups in total. The minimum Gasteiger partial charge on any atom is -0.374 e. The van der Waals surface area contributed by atoms with Gasteiger partial charge in [-0.25, -0.2) is 0 Å². The van der Waals surface area contributed by atoms with E-state index in [1.807, 2.05) is 6.92 Å². The summed E-state index contributed by atoms with van der Waals surface area (Å²) in [5, 5.41) is 0. The second kappa shape index (κ2) is 3.12. The molecule has 2 aliphatic rings. The van der Waals surface area contributed by atoms with E-state index < -0.39 is 17.7 Å². The van der Waals surface area contributed by atoms with Crippen LogP contribution in [0.3, 0.4) is 0 Å². The molecule has 1 nitrogen and oxygen atoms in total. The fourth-order valence-corrected chi connectivity index (χ4v) is 2.61. The summed E-state index contributed by atoms with van der Waals surface area (Å²) in [6.07, 6.45) is -2.12. The third kappa shape index (κ3) is 1.53. The Morgan fingerprint density at radius 2 is 2.07 bits per heavy atom. The lowest BCUT2D eigenvalue weighted by atomic mass is 9.69. The highest BCUT2D eigenvalue weighted by Crippen LogP contribution is 2.50. The van der Waals surface area contributed by atoms with Crippen LogP contribution in [-0.2, 0) is 4.74 Å². The molecular weight excluding hydrogens is 193 g/mol. The first kappa shape index (κ1) is 10.3. The second-order valence-electron chi connectivity index (χ2n) is 4.61. The van der Waals surface area contributed by atoms with Gasteiger partial charge in [0.15, 0.2) is 0 Å². The van der Waals surface area contributed by atoms with Crippen molar-refractivity contribution in [2.75, 3.05) is 6.61 Å². The van der Waals surface area contributed by atoms with Gasteiger partial charge in [0, 0.05) is 5.92 Å². The normalized spacial score (nSPS) is 43.7. The lowest BCUT2D eigenvalue weighted by Gasteiger charge is -2.52. The number of halogens is 3. The lowest BCUT2D eigenvalue weighted by Crippen LogP contribution is -2.56. The van der Waals surface area contributed by atoms with E-state index in [-0.39, 0.29) is 12.8 Å². The van der Waals surface area contributed by atoms with Gasteiger partial charge in [-0.2, -0.15) is 13.2 Å². The highest BCUT2D eigenvalue weighted by molar-refractivity contribution is 4.98. The van der Waals surface area contributed by atoms with E-state index in [4.69, 9.17) is 4.74 Å². The van der Waals surface area contributed by atoms with E-state index in [1.54, 1.807) is 0 Å². The number of ether oxygens (including phenoxy) is 1. The van der Waals surface area contributed by atoms with Gasteiger partial charge in [0.1, 0.15) is 0 Å². The molecule has 14 heavy (non-hydrogen) atoms. The van der Waals surface area contributed by atoms with Crippen LogP contribution < -0.4 is 0 Å². The van der Waals surface area contributed by atoms with Gasteiger partial charge in [-0.05, 0) is 25.7 Å². The third-order valence-corrected chi connectivity index (χ3v) is 3.73. The maximum Gasteiger partial charge on any atom is 0.391 e. The SMILES string of the molecule is CC1COC12CCCC(C(F)(F)F)C2. The van der Waals surface area contributed by atoms with Crippen LogP contribution in [0.2, 0.25) is 0 Å². The average molecular weight is 208 g/mol. The van der Waals surface area contributed by atoms with Crippen LogP contribution in [0.4, 0.5) is 13.2 Å². The van der Waals surface area contributed by atoms with E-state index >= 15 is 0 Å². The predicted octanol–water partition coefficient (Wildman–Crippen LogP) is 3.14. The number of hydrogen-bond acceptors (Lipinski definition) is 1. The highest BCUT2D eigenvalue weighted by atomic mass is 19.4. The zero-order valence-electron chi connectivity index (χ0n) is 8.23. The summed E-state index contributed by atoms with van der Waals surface area (Å²) in [6.45, 7) is 2.62. The molecule has 1 heterocycles. The monoisotopic (exact) mass is 208 g/mol. The molecule has 1 spiro atoms. The molecule has 2 rings (SSSR count). The van der Waals surface area contributed by atoms with Crippen molar-refractivity contribution >= 4 is 0 Å². The van der Waals surface area contributed by atoms with Gasteiger partial charge in [-0.3, -0.25) is 0 Å². The van der Waals surface area contributed by atoms with Crippen molar-refractivity contribution in [3.63, 3.8) is 0 Å². The Kier molecular flexibility index (Phi) is 2.29. The van der Waals surface area contributed by atoms with Crippen molar-refractivity contribution in [2.24, 2.45) is 11.8 Å². The smallest absolute Gasteiger partial charge is 0.374 e. The van der Waals surface area contributed by atoms with Crippen molar-refractivity contribution in [1.29, 1.82) is 0 Å². The highest BCUT2D eigenvalue weighted by Gasteiger charge is 2.53. The van der Waals surface area contributed by atoms with Crippen molar-refractivity contribution in [2.45, 2.75) is 44.4 Å². The number of alkyl halides is 3. The molecule has 1 saturated heterocycles. The van der Waals surface area contributed by atoms with E-state index in [9.17, 15) is 13.2 Å². The van der Waals surface area contributed by atoms with E-state index in [0.29, 0.717) is 18.9 Å². The Morgan fingerprint density at radius 3 is 2.50 bits per heavy atom. The fraction of sp³-hybridized carbons (Fsp3) is 1.00. The average Bonchev–Trinajstić information content (AvgIpc) is 2.14. The molecule has 0 amide bonds. The molecule has 0 aromatic heterocycles. The van der Waals surface area contributed by atoms with Crippen LogP contribution in [-0.4, -0.2) is 18.4 Å².